The standard InChI is InChI=1S/C18H17FO3/c19-15-11-14(18(17(20)21)9-4-10-18)7-8-16(15)22-12-13-5-2-1-3-6-13/h1-3,5-8,11H,4,9-10,12H2,(H,20,21). The predicted molar refractivity (Wildman–Crippen MR) is 80.3 cm³/mol. The average Bonchev–Trinajstić information content (AvgIpc) is 2.46. The van der Waals surface area contributed by atoms with Crippen molar-refractivity contribution in [1.82, 2.24) is 0 Å². The Morgan fingerprint density at radius 2 is 1.91 bits per heavy atom. The van der Waals surface area contributed by atoms with Gasteiger partial charge in [0.2, 0.25) is 0 Å². The highest BCUT2D eigenvalue weighted by molar-refractivity contribution is 5.82. The highest BCUT2D eigenvalue weighted by Gasteiger charge is 2.46. The number of halogens is 1. The zero-order chi connectivity index (χ0) is 15.6. The summed E-state index contributed by atoms with van der Waals surface area (Å²) < 4.78 is 19.7. The van der Waals surface area contributed by atoms with Crippen LogP contribution in [0.15, 0.2) is 48.5 Å². The van der Waals surface area contributed by atoms with Crippen molar-refractivity contribution in [2.45, 2.75) is 31.3 Å². The molecule has 1 aliphatic carbocycles. The van der Waals surface area contributed by atoms with Gasteiger partial charge in [-0.25, -0.2) is 4.39 Å². The van der Waals surface area contributed by atoms with Gasteiger partial charge in [0, 0.05) is 0 Å². The van der Waals surface area contributed by atoms with Crippen LogP contribution in [0.1, 0.15) is 30.4 Å². The summed E-state index contributed by atoms with van der Waals surface area (Å²) in [7, 11) is 0. The van der Waals surface area contributed by atoms with Crippen LogP contribution in [0.25, 0.3) is 0 Å². The van der Waals surface area contributed by atoms with Crippen LogP contribution in [0.5, 0.6) is 5.75 Å². The van der Waals surface area contributed by atoms with E-state index in [1.807, 2.05) is 30.3 Å². The van der Waals surface area contributed by atoms with E-state index in [1.54, 1.807) is 6.07 Å². The van der Waals surface area contributed by atoms with Crippen molar-refractivity contribution >= 4 is 5.97 Å². The lowest BCUT2D eigenvalue weighted by Crippen LogP contribution is -2.42. The van der Waals surface area contributed by atoms with Gasteiger partial charge in [0.05, 0.1) is 5.41 Å². The van der Waals surface area contributed by atoms with Crippen LogP contribution in [0.4, 0.5) is 4.39 Å². The maximum Gasteiger partial charge on any atom is 0.314 e. The van der Waals surface area contributed by atoms with Crippen LogP contribution in [0.2, 0.25) is 0 Å². The van der Waals surface area contributed by atoms with Gasteiger partial charge in [-0.05, 0) is 36.1 Å². The minimum atomic E-state index is -0.918. The van der Waals surface area contributed by atoms with E-state index in [0.29, 0.717) is 18.4 Å². The van der Waals surface area contributed by atoms with Crippen molar-refractivity contribution in [1.29, 1.82) is 0 Å². The smallest absolute Gasteiger partial charge is 0.314 e. The Morgan fingerprint density at radius 3 is 2.45 bits per heavy atom. The maximum absolute atomic E-state index is 14.2. The largest absolute Gasteiger partial charge is 0.486 e. The monoisotopic (exact) mass is 300 g/mol. The van der Waals surface area contributed by atoms with E-state index in [1.165, 1.54) is 12.1 Å². The molecule has 0 radical (unpaired) electrons. The quantitative estimate of drug-likeness (QED) is 0.910. The first-order valence-corrected chi connectivity index (χ1v) is 7.32. The Kier molecular flexibility index (Phi) is 3.84. The molecular weight excluding hydrogens is 283 g/mol. The molecule has 0 saturated heterocycles. The van der Waals surface area contributed by atoms with Crippen molar-refractivity contribution in [2.24, 2.45) is 0 Å². The van der Waals surface area contributed by atoms with Gasteiger partial charge in [-0.2, -0.15) is 0 Å². The van der Waals surface area contributed by atoms with Crippen molar-refractivity contribution in [3.63, 3.8) is 0 Å². The van der Waals surface area contributed by atoms with Crippen LogP contribution >= 0.6 is 0 Å². The number of carbonyl (C=O) groups is 1. The summed E-state index contributed by atoms with van der Waals surface area (Å²) in [6.45, 7) is 0.279. The number of rotatable bonds is 5. The first kappa shape index (κ1) is 14.6. The number of carboxylic acid groups (broad SMARTS) is 1. The third-order valence-electron chi connectivity index (χ3n) is 4.34. The first-order valence-electron chi connectivity index (χ1n) is 7.32. The third kappa shape index (κ3) is 2.56. The second-order valence-electron chi connectivity index (χ2n) is 5.66. The van der Waals surface area contributed by atoms with E-state index >= 15 is 0 Å². The fraction of sp³-hybridized carbons (Fsp3) is 0.278. The molecule has 1 aliphatic rings. The van der Waals surface area contributed by atoms with E-state index in [4.69, 9.17) is 4.74 Å². The Bertz CT molecular complexity index is 678. The minimum Gasteiger partial charge on any atom is -0.486 e. The molecular formula is C18H17FO3. The van der Waals surface area contributed by atoms with Crippen LogP contribution < -0.4 is 4.74 Å². The molecule has 0 heterocycles. The molecule has 0 amide bonds. The molecule has 1 N–H and O–H groups in total. The molecule has 4 heteroatoms. The Balaban J connectivity index is 1.77. The Hall–Kier alpha value is -2.36. The summed E-state index contributed by atoms with van der Waals surface area (Å²) in [6.07, 6.45) is 1.98. The maximum atomic E-state index is 14.2. The van der Waals surface area contributed by atoms with Crippen molar-refractivity contribution in [3.05, 3.63) is 65.5 Å². The summed E-state index contributed by atoms with van der Waals surface area (Å²) >= 11 is 0. The van der Waals surface area contributed by atoms with Crippen molar-refractivity contribution in [3.8, 4) is 5.75 Å². The highest BCUT2D eigenvalue weighted by Crippen LogP contribution is 2.44. The molecule has 0 aromatic heterocycles. The fourth-order valence-electron chi connectivity index (χ4n) is 2.81. The van der Waals surface area contributed by atoms with Crippen LogP contribution in [-0.4, -0.2) is 11.1 Å². The lowest BCUT2D eigenvalue weighted by atomic mass is 9.64. The normalized spacial score (nSPS) is 15.9. The van der Waals surface area contributed by atoms with Gasteiger partial charge in [0.25, 0.3) is 0 Å². The number of aliphatic carboxylic acids is 1. The van der Waals surface area contributed by atoms with Gasteiger partial charge >= 0.3 is 5.97 Å². The van der Waals surface area contributed by atoms with Gasteiger partial charge in [0.1, 0.15) is 6.61 Å². The van der Waals surface area contributed by atoms with Gasteiger partial charge in [-0.3, -0.25) is 4.79 Å². The van der Waals surface area contributed by atoms with Gasteiger partial charge in [-0.1, -0.05) is 42.8 Å². The predicted octanol–water partition coefficient (Wildman–Crippen LogP) is 3.91. The molecule has 0 aliphatic heterocycles. The summed E-state index contributed by atoms with van der Waals surface area (Å²) in [5.74, 6) is -1.25. The fourth-order valence-corrected chi connectivity index (χ4v) is 2.81. The molecule has 1 saturated carbocycles. The number of benzene rings is 2. The topological polar surface area (TPSA) is 46.5 Å². The van der Waals surface area contributed by atoms with E-state index in [9.17, 15) is 14.3 Å². The van der Waals surface area contributed by atoms with E-state index < -0.39 is 17.2 Å². The number of hydrogen-bond donors (Lipinski definition) is 1. The van der Waals surface area contributed by atoms with Crippen LogP contribution in [-0.2, 0) is 16.8 Å². The van der Waals surface area contributed by atoms with Gasteiger partial charge in [-0.15, -0.1) is 0 Å². The second-order valence-corrected chi connectivity index (χ2v) is 5.66. The Labute approximate surface area is 128 Å². The molecule has 0 atom stereocenters. The molecule has 2 aromatic carbocycles. The number of carboxylic acids is 1. The molecule has 2 aromatic rings. The van der Waals surface area contributed by atoms with Gasteiger partial charge < -0.3 is 9.84 Å². The lowest BCUT2D eigenvalue weighted by Gasteiger charge is -2.38. The third-order valence-corrected chi connectivity index (χ3v) is 4.34. The first-order chi connectivity index (χ1) is 10.6. The molecule has 1 fully saturated rings. The van der Waals surface area contributed by atoms with E-state index in [2.05, 4.69) is 0 Å². The molecule has 22 heavy (non-hydrogen) atoms. The molecule has 114 valence electrons. The van der Waals surface area contributed by atoms with Crippen molar-refractivity contribution in [2.75, 3.05) is 0 Å². The summed E-state index contributed by atoms with van der Waals surface area (Å²) in [5, 5.41) is 9.40. The number of ether oxygens (including phenoxy) is 1. The minimum absolute atomic E-state index is 0.146. The highest BCUT2D eigenvalue weighted by atomic mass is 19.1. The summed E-state index contributed by atoms with van der Waals surface area (Å²) in [5.41, 5.74) is 0.557. The average molecular weight is 300 g/mol. The number of hydrogen-bond acceptors (Lipinski definition) is 2. The molecule has 0 spiro atoms. The molecule has 0 unspecified atom stereocenters. The van der Waals surface area contributed by atoms with Crippen LogP contribution in [0, 0.1) is 5.82 Å². The van der Waals surface area contributed by atoms with Crippen LogP contribution in [0.3, 0.4) is 0 Å². The van der Waals surface area contributed by atoms with E-state index in [-0.39, 0.29) is 12.4 Å². The zero-order valence-electron chi connectivity index (χ0n) is 12.1. The molecule has 3 rings (SSSR count). The SMILES string of the molecule is O=C(O)C1(c2ccc(OCc3ccccc3)c(F)c2)CCC1. The summed E-state index contributed by atoms with van der Waals surface area (Å²) in [4.78, 5) is 11.5. The van der Waals surface area contributed by atoms with E-state index in [0.717, 1.165) is 12.0 Å². The van der Waals surface area contributed by atoms with Crippen molar-refractivity contribution < 1.29 is 19.0 Å². The molecule has 0 bridgehead atoms. The van der Waals surface area contributed by atoms with Gasteiger partial charge in [0.15, 0.2) is 11.6 Å². The lowest BCUT2D eigenvalue weighted by molar-refractivity contribution is -0.147. The summed E-state index contributed by atoms with van der Waals surface area (Å²) in [6, 6.07) is 14.0. The molecule has 3 nitrogen and oxygen atoms in total. The Morgan fingerprint density at radius 1 is 1.18 bits per heavy atom. The zero-order valence-corrected chi connectivity index (χ0v) is 12.1. The second kappa shape index (κ2) is 5.79.